The molecule has 0 spiro atoms. The van der Waals surface area contributed by atoms with Crippen LogP contribution in [0, 0.1) is 11.8 Å². The molecule has 0 saturated carbocycles. The van der Waals surface area contributed by atoms with E-state index in [1.165, 1.54) is 19.3 Å². The van der Waals surface area contributed by atoms with Crippen molar-refractivity contribution < 1.29 is 4.79 Å². The molecule has 1 N–H and O–H groups in total. The van der Waals surface area contributed by atoms with Crippen LogP contribution in [0.2, 0.25) is 0 Å². The van der Waals surface area contributed by atoms with Gasteiger partial charge in [-0.1, -0.05) is 20.3 Å². The van der Waals surface area contributed by atoms with E-state index in [1.54, 1.807) is 0 Å². The largest absolute Gasteiger partial charge is 0.339 e. The van der Waals surface area contributed by atoms with Gasteiger partial charge in [-0.15, -0.1) is 0 Å². The first-order valence-electron chi connectivity index (χ1n) is 7.91. The fourth-order valence-corrected chi connectivity index (χ4v) is 3.22. The Morgan fingerprint density at radius 2 is 1.84 bits per heavy atom. The van der Waals surface area contributed by atoms with Gasteiger partial charge in [-0.05, 0) is 37.8 Å². The maximum absolute atomic E-state index is 12.2. The molecule has 0 aromatic rings. The Bertz CT molecular complexity index is 281. The van der Waals surface area contributed by atoms with Crippen LogP contribution < -0.4 is 5.32 Å². The Morgan fingerprint density at radius 3 is 2.42 bits per heavy atom. The maximum Gasteiger partial charge on any atom is 0.236 e. The van der Waals surface area contributed by atoms with Crippen molar-refractivity contribution in [3.63, 3.8) is 0 Å². The van der Waals surface area contributed by atoms with Gasteiger partial charge in [0.1, 0.15) is 0 Å². The minimum absolute atomic E-state index is 0.323. The first kappa shape index (κ1) is 14.8. The van der Waals surface area contributed by atoms with Crippen molar-refractivity contribution >= 4 is 5.91 Å². The summed E-state index contributed by atoms with van der Waals surface area (Å²) in [6, 6.07) is 0. The first-order valence-corrected chi connectivity index (χ1v) is 7.91. The zero-order valence-corrected chi connectivity index (χ0v) is 12.5. The van der Waals surface area contributed by atoms with Gasteiger partial charge >= 0.3 is 0 Å². The second-order valence-corrected chi connectivity index (χ2v) is 6.13. The third kappa shape index (κ3) is 4.18. The molecule has 1 atom stereocenters. The highest BCUT2D eigenvalue weighted by molar-refractivity contribution is 5.78. The van der Waals surface area contributed by atoms with Crippen LogP contribution in [-0.4, -0.2) is 61.5 Å². The van der Waals surface area contributed by atoms with Crippen LogP contribution >= 0.6 is 0 Å². The number of nitrogens with zero attached hydrogens (tertiary/aromatic N) is 2. The SMILES string of the molecule is CCC(C)C1CCN(CC(=O)N2CCNCC2)CC1. The number of piperidine rings is 1. The van der Waals surface area contributed by atoms with Gasteiger partial charge in [0, 0.05) is 26.2 Å². The summed E-state index contributed by atoms with van der Waals surface area (Å²) < 4.78 is 0. The molecule has 0 bridgehead atoms. The Hall–Kier alpha value is -0.610. The molecule has 0 aliphatic carbocycles. The standard InChI is InChI=1S/C15H29N3O/c1-3-13(2)14-4-8-17(9-5-14)12-15(19)18-10-6-16-7-11-18/h13-14,16H,3-12H2,1-2H3. The molecule has 2 heterocycles. The van der Waals surface area contributed by atoms with Gasteiger partial charge in [0.15, 0.2) is 0 Å². The third-order valence-corrected chi connectivity index (χ3v) is 4.91. The summed E-state index contributed by atoms with van der Waals surface area (Å²) in [6.45, 7) is 11.1. The van der Waals surface area contributed by atoms with Crippen LogP contribution in [0.25, 0.3) is 0 Å². The Labute approximate surface area is 117 Å². The predicted octanol–water partition coefficient (Wildman–Crippen LogP) is 1.18. The van der Waals surface area contributed by atoms with Gasteiger partial charge in [-0.25, -0.2) is 0 Å². The summed E-state index contributed by atoms with van der Waals surface area (Å²) in [6.07, 6.45) is 3.82. The molecule has 4 heteroatoms. The van der Waals surface area contributed by atoms with E-state index in [-0.39, 0.29) is 0 Å². The van der Waals surface area contributed by atoms with Gasteiger partial charge in [0.05, 0.1) is 6.54 Å². The van der Waals surface area contributed by atoms with Gasteiger partial charge in [-0.3, -0.25) is 9.69 Å². The number of nitrogens with one attached hydrogen (secondary N) is 1. The van der Waals surface area contributed by atoms with Crippen LogP contribution in [0.3, 0.4) is 0 Å². The van der Waals surface area contributed by atoms with Crippen LogP contribution in [0.5, 0.6) is 0 Å². The molecule has 2 saturated heterocycles. The van der Waals surface area contributed by atoms with Crippen molar-refractivity contribution in [1.29, 1.82) is 0 Å². The zero-order chi connectivity index (χ0) is 13.7. The monoisotopic (exact) mass is 267 g/mol. The third-order valence-electron chi connectivity index (χ3n) is 4.91. The van der Waals surface area contributed by atoms with Gasteiger partial charge in [0.2, 0.25) is 5.91 Å². The highest BCUT2D eigenvalue weighted by Crippen LogP contribution is 2.26. The summed E-state index contributed by atoms with van der Waals surface area (Å²) >= 11 is 0. The molecule has 0 aromatic heterocycles. The van der Waals surface area contributed by atoms with Crippen LogP contribution in [-0.2, 0) is 4.79 Å². The number of carbonyl (C=O) groups is 1. The second-order valence-electron chi connectivity index (χ2n) is 6.13. The van der Waals surface area contributed by atoms with E-state index < -0.39 is 0 Å². The maximum atomic E-state index is 12.2. The molecule has 4 nitrogen and oxygen atoms in total. The quantitative estimate of drug-likeness (QED) is 0.831. The highest BCUT2D eigenvalue weighted by atomic mass is 16.2. The van der Waals surface area contributed by atoms with E-state index in [1.807, 2.05) is 4.90 Å². The normalized spacial score (nSPS) is 24.4. The summed E-state index contributed by atoms with van der Waals surface area (Å²) in [5.74, 6) is 2.03. The van der Waals surface area contributed by atoms with Crippen molar-refractivity contribution in [3.8, 4) is 0 Å². The molecular formula is C15H29N3O. The van der Waals surface area contributed by atoms with E-state index in [4.69, 9.17) is 0 Å². The van der Waals surface area contributed by atoms with Crippen molar-refractivity contribution in [2.24, 2.45) is 11.8 Å². The lowest BCUT2D eigenvalue weighted by molar-refractivity contribution is -0.133. The second kappa shape index (κ2) is 7.25. The predicted molar refractivity (Wildman–Crippen MR) is 78.1 cm³/mol. The lowest BCUT2D eigenvalue weighted by atomic mass is 9.84. The summed E-state index contributed by atoms with van der Waals surface area (Å²) in [5.41, 5.74) is 0. The van der Waals surface area contributed by atoms with E-state index >= 15 is 0 Å². The molecule has 0 aromatic carbocycles. The fraction of sp³-hybridized carbons (Fsp3) is 0.933. The molecule has 19 heavy (non-hydrogen) atoms. The van der Waals surface area contributed by atoms with Crippen molar-refractivity contribution in [3.05, 3.63) is 0 Å². The number of amides is 1. The lowest BCUT2D eigenvalue weighted by Gasteiger charge is -2.36. The number of carbonyl (C=O) groups excluding carboxylic acids is 1. The molecule has 110 valence electrons. The number of hydrogen-bond acceptors (Lipinski definition) is 3. The Morgan fingerprint density at radius 1 is 1.21 bits per heavy atom. The fourth-order valence-electron chi connectivity index (χ4n) is 3.22. The average molecular weight is 267 g/mol. The van der Waals surface area contributed by atoms with E-state index in [0.29, 0.717) is 12.5 Å². The molecule has 0 radical (unpaired) electrons. The van der Waals surface area contributed by atoms with Crippen LogP contribution in [0.4, 0.5) is 0 Å². The number of rotatable bonds is 4. The van der Waals surface area contributed by atoms with Gasteiger partial charge in [0.25, 0.3) is 0 Å². The number of likely N-dealkylation sites (tertiary alicyclic amines) is 1. The van der Waals surface area contributed by atoms with E-state index in [2.05, 4.69) is 24.1 Å². The van der Waals surface area contributed by atoms with Gasteiger partial charge in [-0.2, -0.15) is 0 Å². The highest BCUT2D eigenvalue weighted by Gasteiger charge is 2.25. The zero-order valence-electron chi connectivity index (χ0n) is 12.5. The molecular weight excluding hydrogens is 238 g/mol. The minimum atomic E-state index is 0.323. The molecule has 1 unspecified atom stereocenters. The number of piperazine rings is 1. The smallest absolute Gasteiger partial charge is 0.236 e. The van der Waals surface area contributed by atoms with Crippen molar-refractivity contribution in [1.82, 2.24) is 15.1 Å². The first-order chi connectivity index (χ1) is 9.20. The van der Waals surface area contributed by atoms with Gasteiger partial charge < -0.3 is 10.2 Å². The van der Waals surface area contributed by atoms with E-state index in [0.717, 1.165) is 51.1 Å². The van der Waals surface area contributed by atoms with Crippen LogP contribution in [0.15, 0.2) is 0 Å². The van der Waals surface area contributed by atoms with E-state index in [9.17, 15) is 4.79 Å². The minimum Gasteiger partial charge on any atom is -0.339 e. The molecule has 1 amide bonds. The molecule has 2 aliphatic rings. The topological polar surface area (TPSA) is 35.6 Å². The summed E-state index contributed by atoms with van der Waals surface area (Å²) in [4.78, 5) is 16.6. The van der Waals surface area contributed by atoms with Crippen molar-refractivity contribution in [2.45, 2.75) is 33.1 Å². The molecule has 2 fully saturated rings. The molecule has 2 rings (SSSR count). The lowest BCUT2D eigenvalue weighted by Crippen LogP contribution is -2.50. The Balaban J connectivity index is 1.71. The van der Waals surface area contributed by atoms with Crippen LogP contribution in [0.1, 0.15) is 33.1 Å². The summed E-state index contributed by atoms with van der Waals surface area (Å²) in [5, 5.41) is 3.29. The molecule has 2 aliphatic heterocycles. The average Bonchev–Trinajstić information content (AvgIpc) is 2.48. The number of hydrogen-bond donors (Lipinski definition) is 1. The Kier molecular flexibility index (Phi) is 5.64. The summed E-state index contributed by atoms with van der Waals surface area (Å²) in [7, 11) is 0. The van der Waals surface area contributed by atoms with Crippen molar-refractivity contribution in [2.75, 3.05) is 45.8 Å².